The first-order chi connectivity index (χ1) is 25.9. The summed E-state index contributed by atoms with van der Waals surface area (Å²) in [6.07, 6.45) is 10.7. The third-order valence-electron chi connectivity index (χ3n) is 12.8. The van der Waals surface area contributed by atoms with Gasteiger partial charge >= 0.3 is 0 Å². The molecule has 282 valence electrons. The number of hydrogen-bond donors (Lipinski definition) is 2. The fraction of sp³-hybridized carbons (Fsp3) is 0.512. The van der Waals surface area contributed by atoms with E-state index in [2.05, 4.69) is 45.3 Å². The summed E-state index contributed by atoms with van der Waals surface area (Å²) >= 11 is 0. The van der Waals surface area contributed by atoms with E-state index in [1.165, 1.54) is 32.1 Å². The van der Waals surface area contributed by atoms with Crippen LogP contribution in [0, 0.1) is 41.4 Å². The number of fused-ring (bicyclic) bond motifs is 3. The molecule has 4 aromatic rings. The lowest BCUT2D eigenvalue weighted by Crippen LogP contribution is -2.73. The maximum absolute atomic E-state index is 13.4. The molecule has 0 radical (unpaired) electrons. The second kappa shape index (κ2) is 13.1. The van der Waals surface area contributed by atoms with E-state index in [1.54, 1.807) is 30.0 Å². The number of benzene rings is 2. The molecule has 5 fully saturated rings. The van der Waals surface area contributed by atoms with E-state index in [9.17, 15) is 14.4 Å². The number of anilines is 4. The second-order valence-corrected chi connectivity index (χ2v) is 17.8. The number of aromatic nitrogens is 3. The van der Waals surface area contributed by atoms with Crippen LogP contribution in [-0.4, -0.2) is 64.5 Å². The summed E-state index contributed by atoms with van der Waals surface area (Å²) in [7, 11) is 1.65. The molecule has 2 saturated heterocycles. The van der Waals surface area contributed by atoms with E-state index in [4.69, 9.17) is 9.72 Å². The van der Waals surface area contributed by atoms with Gasteiger partial charge in [-0.05, 0) is 111 Å². The van der Waals surface area contributed by atoms with Crippen molar-refractivity contribution in [3.05, 3.63) is 70.6 Å². The highest BCUT2D eigenvalue weighted by Gasteiger charge is 2.54. The Labute approximate surface area is 316 Å². The first-order valence-electron chi connectivity index (χ1n) is 19.7. The van der Waals surface area contributed by atoms with Crippen LogP contribution >= 0.6 is 0 Å². The SMILES string of the molecule is COc1cc(N2CC3(CN(C(=O)CC4(C)CC5CC(C)CC(C5)C4)C3)C2)ccc1Nc1ncc2c(C)cc(=O)n(-c3cccc(NC(=O)C4CC4)c3)c2n1. The minimum atomic E-state index is -0.223. The fourth-order valence-corrected chi connectivity index (χ4v) is 10.4. The summed E-state index contributed by atoms with van der Waals surface area (Å²) in [5.74, 6) is 3.85. The number of nitrogens with one attached hydrogen (secondary N) is 2. The predicted octanol–water partition coefficient (Wildman–Crippen LogP) is 7.08. The van der Waals surface area contributed by atoms with Gasteiger partial charge in [-0.3, -0.25) is 19.0 Å². The molecule has 4 heterocycles. The number of ether oxygens (including phenoxy) is 1. The second-order valence-electron chi connectivity index (χ2n) is 17.8. The van der Waals surface area contributed by atoms with Crippen molar-refractivity contribution < 1.29 is 14.3 Å². The molecule has 2 bridgehead atoms. The van der Waals surface area contributed by atoms with Crippen molar-refractivity contribution in [2.24, 2.45) is 34.5 Å². The Kier molecular flexibility index (Phi) is 8.46. The molecule has 2 aliphatic heterocycles. The van der Waals surface area contributed by atoms with Gasteiger partial charge in [0.2, 0.25) is 17.8 Å². The minimum Gasteiger partial charge on any atom is -0.494 e. The fourth-order valence-electron chi connectivity index (χ4n) is 10.4. The molecular formula is C43H51N7O4. The zero-order chi connectivity index (χ0) is 37.4. The Hall–Kier alpha value is -4.93. The van der Waals surface area contributed by atoms with Crippen LogP contribution in [0.15, 0.2) is 59.5 Å². The molecule has 2 aromatic carbocycles. The summed E-state index contributed by atoms with van der Waals surface area (Å²) in [6.45, 7) is 10.2. The Morgan fingerprint density at radius 3 is 2.44 bits per heavy atom. The van der Waals surface area contributed by atoms with Gasteiger partial charge in [0.05, 0.1) is 18.5 Å². The number of amides is 2. The Morgan fingerprint density at radius 2 is 1.72 bits per heavy atom. The average Bonchev–Trinajstić information content (AvgIpc) is 3.93. The van der Waals surface area contributed by atoms with Crippen LogP contribution in [0.1, 0.15) is 70.8 Å². The smallest absolute Gasteiger partial charge is 0.257 e. The van der Waals surface area contributed by atoms with Crippen molar-refractivity contribution in [1.29, 1.82) is 0 Å². The number of rotatable bonds is 9. The molecule has 11 nitrogen and oxygen atoms in total. The third-order valence-corrected chi connectivity index (χ3v) is 12.8. The van der Waals surface area contributed by atoms with Gasteiger partial charge in [-0.25, -0.2) is 4.98 Å². The van der Waals surface area contributed by atoms with E-state index in [1.807, 2.05) is 37.3 Å². The highest BCUT2D eigenvalue weighted by Crippen LogP contribution is 2.52. The number of pyridine rings is 1. The lowest BCUT2D eigenvalue weighted by molar-refractivity contribution is -0.149. The van der Waals surface area contributed by atoms with Gasteiger partial charge in [0.15, 0.2) is 5.65 Å². The van der Waals surface area contributed by atoms with Crippen molar-refractivity contribution in [1.82, 2.24) is 19.4 Å². The van der Waals surface area contributed by atoms with Gasteiger partial charge < -0.3 is 25.2 Å². The van der Waals surface area contributed by atoms with Crippen LogP contribution in [0.2, 0.25) is 0 Å². The van der Waals surface area contributed by atoms with Crippen molar-refractivity contribution in [2.45, 2.75) is 72.1 Å². The summed E-state index contributed by atoms with van der Waals surface area (Å²) in [4.78, 5) is 53.2. The van der Waals surface area contributed by atoms with Gasteiger partial charge in [-0.2, -0.15) is 4.98 Å². The number of hydrogen-bond acceptors (Lipinski definition) is 8. The number of nitrogens with zero attached hydrogens (tertiary/aromatic N) is 5. The quantitative estimate of drug-likeness (QED) is 0.188. The topological polar surface area (TPSA) is 122 Å². The van der Waals surface area contributed by atoms with Crippen LogP contribution in [0.5, 0.6) is 5.75 Å². The van der Waals surface area contributed by atoms with Crippen molar-refractivity contribution in [3.8, 4) is 11.4 Å². The molecule has 54 heavy (non-hydrogen) atoms. The normalized spacial score (nSPS) is 25.5. The summed E-state index contributed by atoms with van der Waals surface area (Å²) in [5.41, 5.74) is 4.36. The van der Waals surface area contributed by atoms with Crippen molar-refractivity contribution in [3.63, 3.8) is 0 Å². The first-order valence-corrected chi connectivity index (χ1v) is 19.7. The largest absolute Gasteiger partial charge is 0.494 e. The zero-order valence-electron chi connectivity index (χ0n) is 31.9. The molecule has 1 spiro atoms. The van der Waals surface area contributed by atoms with E-state index in [0.29, 0.717) is 46.7 Å². The molecule has 2 N–H and O–H groups in total. The minimum absolute atomic E-state index is 0.00706. The lowest BCUT2D eigenvalue weighted by Gasteiger charge is -2.61. The Morgan fingerprint density at radius 1 is 0.963 bits per heavy atom. The third kappa shape index (κ3) is 6.60. The summed E-state index contributed by atoms with van der Waals surface area (Å²) in [5, 5.41) is 7.04. The number of likely N-dealkylation sites (tertiary alicyclic amines) is 1. The van der Waals surface area contributed by atoms with Gasteiger partial charge in [-0.15, -0.1) is 0 Å². The summed E-state index contributed by atoms with van der Waals surface area (Å²) in [6, 6.07) is 14.9. The zero-order valence-corrected chi connectivity index (χ0v) is 31.9. The maximum atomic E-state index is 13.4. The number of methoxy groups -OCH3 is 1. The highest BCUT2D eigenvalue weighted by molar-refractivity contribution is 5.94. The van der Waals surface area contributed by atoms with Crippen LogP contribution in [0.4, 0.5) is 23.0 Å². The monoisotopic (exact) mass is 729 g/mol. The van der Waals surface area contributed by atoms with Gasteiger partial charge in [0.25, 0.3) is 5.56 Å². The predicted molar refractivity (Wildman–Crippen MR) is 211 cm³/mol. The van der Waals surface area contributed by atoms with Crippen LogP contribution in [0.3, 0.4) is 0 Å². The molecule has 2 atom stereocenters. The molecule has 3 saturated carbocycles. The maximum Gasteiger partial charge on any atom is 0.257 e. The van der Waals surface area contributed by atoms with Gasteiger partial charge in [-0.1, -0.05) is 19.9 Å². The lowest BCUT2D eigenvalue weighted by atomic mass is 9.58. The molecule has 5 aliphatic rings. The van der Waals surface area contributed by atoms with E-state index in [0.717, 1.165) is 73.4 Å². The van der Waals surface area contributed by atoms with Gasteiger partial charge in [0, 0.05) is 79.0 Å². The number of carbonyl (C=O) groups is 2. The molecule has 2 unspecified atom stereocenters. The number of aryl methyl sites for hydroxylation is 1. The molecular weight excluding hydrogens is 679 g/mol. The Bertz CT molecular complexity index is 2180. The Balaban J connectivity index is 0.862. The van der Waals surface area contributed by atoms with Crippen molar-refractivity contribution >= 4 is 45.9 Å². The molecule has 2 amide bonds. The van der Waals surface area contributed by atoms with E-state index < -0.39 is 0 Å². The number of carbonyl (C=O) groups excluding carboxylic acids is 2. The standard InChI is InChI=1S/C43H51N7O4/c1-26-12-28-15-29(13-26)19-42(3,18-28)20-38(52)49-24-43(25-49)22-48(23-43)32-10-11-35(36(17-32)54-4)46-41-44-21-34-27(2)14-37(51)50(39(34)47-41)33-7-5-6-31(16-33)45-40(53)30-8-9-30/h5-7,10-11,14,16-17,21,26,28-30H,8-9,12-13,15,18-20,22-25H2,1-4H3,(H,45,53)(H,44,46,47). The highest BCUT2D eigenvalue weighted by atomic mass is 16.5. The summed E-state index contributed by atoms with van der Waals surface area (Å²) < 4.78 is 7.38. The van der Waals surface area contributed by atoms with Crippen LogP contribution in [0.25, 0.3) is 16.7 Å². The van der Waals surface area contributed by atoms with Gasteiger partial charge in [0.1, 0.15) is 5.75 Å². The molecule has 2 aromatic heterocycles. The van der Waals surface area contributed by atoms with E-state index in [-0.39, 0.29) is 28.2 Å². The van der Waals surface area contributed by atoms with Crippen LogP contribution in [-0.2, 0) is 9.59 Å². The van der Waals surface area contributed by atoms with E-state index >= 15 is 0 Å². The van der Waals surface area contributed by atoms with Crippen molar-refractivity contribution in [2.75, 3.05) is 48.8 Å². The molecule has 9 rings (SSSR count). The first kappa shape index (κ1) is 34.8. The molecule has 3 aliphatic carbocycles. The molecule has 11 heteroatoms. The van der Waals surface area contributed by atoms with Crippen LogP contribution < -0.4 is 25.8 Å². The average molecular weight is 730 g/mol.